The Kier molecular flexibility index (Phi) is 17.5. The average Bonchev–Trinajstić information content (AvgIpc) is 1.54. The summed E-state index contributed by atoms with van der Waals surface area (Å²) in [7, 11) is 11.0. The highest BCUT2D eigenvalue weighted by molar-refractivity contribution is 6.17. The largest absolute Gasteiger partial charge is 0.497 e. The van der Waals surface area contributed by atoms with Crippen LogP contribution < -0.4 is 33.3 Å². The van der Waals surface area contributed by atoms with Gasteiger partial charge in [-0.3, -0.25) is 0 Å². The second-order valence-corrected chi connectivity index (χ2v) is 30.3. The van der Waals surface area contributed by atoms with Crippen LogP contribution in [0, 0.1) is 27.7 Å². The number of anilines is 1. The first-order chi connectivity index (χ1) is 53.2. The van der Waals surface area contributed by atoms with Crippen molar-refractivity contribution in [3.05, 3.63) is 396 Å². The maximum absolute atomic E-state index is 7.73. The predicted molar refractivity (Wildman–Crippen MR) is 459 cm³/mol. The van der Waals surface area contributed by atoms with Crippen LogP contribution in [0.25, 0.3) is 66.4 Å². The molecule has 15 aromatic carbocycles. The summed E-state index contributed by atoms with van der Waals surface area (Å²) >= 11 is 0. The molecule has 2 heterocycles. The molecule has 111 heavy (non-hydrogen) atoms. The molecule has 0 spiro atoms. The fourth-order valence-electron chi connectivity index (χ4n) is 19.2. The van der Waals surface area contributed by atoms with Crippen molar-refractivity contribution in [3.8, 4) is 45.6 Å². The molecule has 1 unspecified atom stereocenters. The van der Waals surface area contributed by atoms with E-state index in [4.69, 9.17) is 28.4 Å². The zero-order chi connectivity index (χ0) is 74.2. The van der Waals surface area contributed by atoms with Gasteiger partial charge in [0, 0.05) is 63.9 Å². The van der Waals surface area contributed by atoms with Crippen molar-refractivity contribution in [2.24, 2.45) is 0 Å². The van der Waals surface area contributed by atoms with Crippen LogP contribution in [-0.4, -0.2) is 42.5 Å². The van der Waals surface area contributed by atoms with Crippen LogP contribution in [-0.2, 0) is 34.9 Å². The molecule has 3 aliphatic carbocycles. The second kappa shape index (κ2) is 27.2. The number of nitrogens with zero attached hydrogens (tertiary/aromatic N) is 1. The number of rotatable bonds is 13. The Morgan fingerprint density at radius 2 is 0.721 bits per heavy atom. The van der Waals surface area contributed by atoms with Gasteiger partial charge in [0.15, 0.2) is 11.2 Å². The average molecular weight is 1450 g/mol. The van der Waals surface area contributed by atoms with Gasteiger partial charge in [0.05, 0.1) is 39.3 Å². The Labute approximate surface area is 652 Å². The Bertz CT molecular complexity index is 6140. The SMILES string of the molecule is C.C.COc1ccc(C2(c3ccc(OC)cc3)C=Cc3c(C4(c5cc(OC)ccc5C)c5cccc6ccc7cccc4c7c56)cc4ccc(OC)cc4c3O2)cc1.Cc1ccc(C)c(C2(c3cc4ccc(C)cc4c4c3C=CC(c3ccccc3)(c3ccc(N(C)C)cc3)O4)c3cccc4c3-c3c(cccc32)CC4)c1. The summed E-state index contributed by atoms with van der Waals surface area (Å²) in [6.07, 6.45) is 11.3. The second-order valence-electron chi connectivity index (χ2n) is 30.3. The fraction of sp³-hybridized carbons (Fsp3) is 0.173. The van der Waals surface area contributed by atoms with Crippen molar-refractivity contribution >= 4 is 60.9 Å². The van der Waals surface area contributed by atoms with Crippen LogP contribution in [0.5, 0.6) is 34.5 Å². The number of hydrogen-bond acceptors (Lipinski definition) is 7. The van der Waals surface area contributed by atoms with Gasteiger partial charge in [-0.1, -0.05) is 232 Å². The van der Waals surface area contributed by atoms with Gasteiger partial charge in [-0.25, -0.2) is 0 Å². The lowest BCUT2D eigenvalue weighted by molar-refractivity contribution is 0.163. The van der Waals surface area contributed by atoms with Crippen molar-refractivity contribution < 1.29 is 28.4 Å². The molecule has 548 valence electrons. The third-order valence-corrected chi connectivity index (χ3v) is 24.3. The van der Waals surface area contributed by atoms with Gasteiger partial charge in [-0.05, 0) is 242 Å². The van der Waals surface area contributed by atoms with E-state index < -0.39 is 22.0 Å². The molecule has 1 atom stereocenters. The molecular formula is C104H91NO6. The highest BCUT2D eigenvalue weighted by atomic mass is 16.5. The maximum Gasteiger partial charge on any atom is 0.178 e. The Hall–Kier alpha value is -12.6. The molecule has 0 fully saturated rings. The topological polar surface area (TPSA) is 58.6 Å². The van der Waals surface area contributed by atoms with Crippen LogP contribution in [0.1, 0.15) is 126 Å². The number of ether oxygens (including phenoxy) is 6. The lowest BCUT2D eigenvalue weighted by Gasteiger charge is -2.41. The van der Waals surface area contributed by atoms with Crippen LogP contribution >= 0.6 is 0 Å². The van der Waals surface area contributed by atoms with Crippen LogP contribution in [0.15, 0.2) is 285 Å². The van der Waals surface area contributed by atoms with E-state index in [-0.39, 0.29) is 14.9 Å². The Morgan fingerprint density at radius 3 is 1.23 bits per heavy atom. The minimum Gasteiger partial charge on any atom is -0.497 e. The first-order valence-corrected chi connectivity index (χ1v) is 37.8. The number of methoxy groups -OCH3 is 4. The fourth-order valence-corrected chi connectivity index (χ4v) is 19.2. The number of aryl methyl sites for hydroxylation is 6. The van der Waals surface area contributed by atoms with Crippen LogP contribution in [0.3, 0.4) is 0 Å². The Balaban J connectivity index is 0.000000159. The maximum atomic E-state index is 7.73. The molecule has 2 aliphatic heterocycles. The van der Waals surface area contributed by atoms with Gasteiger partial charge in [0.1, 0.15) is 34.5 Å². The smallest absolute Gasteiger partial charge is 0.178 e. The molecule has 20 rings (SSSR count). The van der Waals surface area contributed by atoms with E-state index in [1.165, 1.54) is 110 Å². The summed E-state index contributed by atoms with van der Waals surface area (Å²) < 4.78 is 38.4. The molecular weight excluding hydrogens is 1360 g/mol. The molecule has 0 aromatic heterocycles. The quantitative estimate of drug-likeness (QED) is 0.107. The van der Waals surface area contributed by atoms with Crippen LogP contribution in [0.4, 0.5) is 5.69 Å². The van der Waals surface area contributed by atoms with Gasteiger partial charge in [0.2, 0.25) is 0 Å². The van der Waals surface area contributed by atoms with E-state index in [1.807, 2.05) is 30.3 Å². The van der Waals surface area contributed by atoms with E-state index >= 15 is 0 Å². The van der Waals surface area contributed by atoms with Gasteiger partial charge in [-0.2, -0.15) is 0 Å². The molecule has 7 nitrogen and oxygen atoms in total. The minimum atomic E-state index is -0.988. The number of fused-ring (bicyclic) bond motifs is 6. The predicted octanol–water partition coefficient (Wildman–Crippen LogP) is 24.4. The summed E-state index contributed by atoms with van der Waals surface area (Å²) in [4.78, 5) is 2.15. The molecule has 7 heteroatoms. The van der Waals surface area contributed by atoms with Gasteiger partial charge >= 0.3 is 0 Å². The van der Waals surface area contributed by atoms with E-state index in [0.717, 1.165) is 108 Å². The molecule has 0 saturated heterocycles. The van der Waals surface area contributed by atoms with Crippen molar-refractivity contribution in [2.45, 2.75) is 77.4 Å². The number of benzene rings is 15. The molecule has 0 amide bonds. The normalized spacial score (nSPS) is 15.6. The molecule has 0 saturated carbocycles. The molecule has 0 radical (unpaired) electrons. The molecule has 5 aliphatic rings. The molecule has 0 N–H and O–H groups in total. The van der Waals surface area contributed by atoms with E-state index in [9.17, 15) is 0 Å². The van der Waals surface area contributed by atoms with Crippen molar-refractivity contribution in [1.82, 2.24) is 0 Å². The lowest BCUT2D eigenvalue weighted by atomic mass is 9.64. The first kappa shape index (κ1) is 71.3. The standard InChI is InChI=1S/C51H43NO.C51H40O5.2CH4/c1-32-18-20-37-31-46(41-27-28-50(38-13-7-6-8-14-38,53-49(41)42(37)29-32)39-23-25-40(26-24-39)52(4)5)51(45-30-33(2)17-19-34(45)3)43-15-9-11-35-21-22-36-12-10-16-44(51)48(36)47(35)43;1-31-12-20-40(55-5)30-45(31)51(43-10-6-8-32-13-14-33-9-7-11-44(51)48(33)47(32)43)46-28-34-15-21-39(54-4)29-42(34)49-41(46)26-27-50(56-49,35-16-22-37(52-2)23-17-35)36-18-24-38(53-3)25-19-36;;/h6-20,23-31H,21-22H2,1-5H3;6-30H,1-5H3;2*1H4. The zero-order valence-electron chi connectivity index (χ0n) is 63.1. The lowest BCUT2D eigenvalue weighted by Crippen LogP contribution is -2.36. The summed E-state index contributed by atoms with van der Waals surface area (Å²) in [5.74, 6) is 4.83. The van der Waals surface area contributed by atoms with E-state index in [0.29, 0.717) is 0 Å². The van der Waals surface area contributed by atoms with Crippen molar-refractivity contribution in [1.29, 1.82) is 0 Å². The van der Waals surface area contributed by atoms with Crippen molar-refractivity contribution in [3.63, 3.8) is 0 Å². The highest BCUT2D eigenvalue weighted by Crippen LogP contribution is 2.64. The zero-order valence-corrected chi connectivity index (χ0v) is 63.1. The van der Waals surface area contributed by atoms with Crippen molar-refractivity contribution in [2.75, 3.05) is 47.4 Å². The van der Waals surface area contributed by atoms with Gasteiger partial charge < -0.3 is 33.3 Å². The summed E-state index contributed by atoms with van der Waals surface area (Å²) in [6.45, 7) is 8.92. The van der Waals surface area contributed by atoms with E-state index in [1.54, 1.807) is 28.4 Å². The van der Waals surface area contributed by atoms with Crippen LogP contribution in [0.2, 0.25) is 0 Å². The molecule has 0 bridgehead atoms. The summed E-state index contributed by atoms with van der Waals surface area (Å²) in [6, 6.07) is 99.5. The Morgan fingerprint density at radius 1 is 0.324 bits per heavy atom. The third kappa shape index (κ3) is 10.6. The van der Waals surface area contributed by atoms with Gasteiger partial charge in [0.25, 0.3) is 0 Å². The third-order valence-electron chi connectivity index (χ3n) is 24.3. The minimum absolute atomic E-state index is 0. The molecule has 15 aromatic rings. The van der Waals surface area contributed by atoms with Gasteiger partial charge in [-0.15, -0.1) is 0 Å². The summed E-state index contributed by atoms with van der Waals surface area (Å²) in [5, 5.41) is 9.32. The monoisotopic (exact) mass is 1450 g/mol. The first-order valence-electron chi connectivity index (χ1n) is 37.8. The van der Waals surface area contributed by atoms with E-state index in [2.05, 4.69) is 314 Å². The number of hydrogen-bond donors (Lipinski definition) is 0. The highest BCUT2D eigenvalue weighted by Gasteiger charge is 2.53. The summed E-state index contributed by atoms with van der Waals surface area (Å²) in [5.41, 5.74) is 25.2.